The minimum Gasteiger partial charge on any atom is -0.266 e. The van der Waals surface area contributed by atoms with Gasteiger partial charge < -0.3 is 0 Å². The summed E-state index contributed by atoms with van der Waals surface area (Å²) < 4.78 is 4.94. The van der Waals surface area contributed by atoms with Crippen LogP contribution in [0.15, 0.2) is 51.7 Å². The third kappa shape index (κ3) is 6.94. The molecule has 0 fully saturated rings. The minimum atomic E-state index is -0.382. The summed E-state index contributed by atoms with van der Waals surface area (Å²) in [6.45, 7) is 12.4. The highest BCUT2D eigenvalue weighted by molar-refractivity contribution is 7.98. The van der Waals surface area contributed by atoms with Crippen molar-refractivity contribution in [3.63, 3.8) is 0 Å². The molecule has 0 atom stereocenters. The van der Waals surface area contributed by atoms with Gasteiger partial charge in [-0.15, -0.1) is 16.9 Å². The largest absolute Gasteiger partial charge is 0.287 e. The van der Waals surface area contributed by atoms with Crippen LogP contribution < -0.4 is 5.56 Å². The van der Waals surface area contributed by atoms with Crippen molar-refractivity contribution in [2.75, 3.05) is 0 Å². The maximum absolute atomic E-state index is 12.4. The molecule has 0 radical (unpaired) electrons. The number of hydrogen-bond acceptors (Lipinski definition) is 6. The van der Waals surface area contributed by atoms with Gasteiger partial charge in [-0.25, -0.2) is 4.68 Å². The normalized spacial score (nSPS) is 11.7. The highest BCUT2D eigenvalue weighted by atomic mass is 35.5. The third-order valence-electron chi connectivity index (χ3n) is 4.02. The molecule has 29 heavy (non-hydrogen) atoms. The topological polar surface area (TPSA) is 60.7 Å². The van der Waals surface area contributed by atoms with Gasteiger partial charge in [0.2, 0.25) is 0 Å². The first kappa shape index (κ1) is 23.6. The van der Waals surface area contributed by atoms with Gasteiger partial charge in [0, 0.05) is 11.1 Å². The van der Waals surface area contributed by atoms with Crippen LogP contribution in [-0.2, 0) is 16.7 Å². The van der Waals surface area contributed by atoms with Gasteiger partial charge in [-0.2, -0.15) is 5.10 Å². The molecule has 0 bridgehead atoms. The van der Waals surface area contributed by atoms with E-state index >= 15 is 0 Å². The van der Waals surface area contributed by atoms with Gasteiger partial charge >= 0.3 is 0 Å². The predicted octanol–water partition coefficient (Wildman–Crippen LogP) is 5.78. The van der Waals surface area contributed by atoms with Crippen LogP contribution in [0.1, 0.15) is 52.7 Å². The lowest BCUT2D eigenvalue weighted by Crippen LogP contribution is -2.36. The Hall–Kier alpha value is -1.70. The molecule has 0 aliphatic rings. The molecular weight excluding hydrogens is 424 g/mol. The fourth-order valence-electron chi connectivity index (χ4n) is 2.39. The molecule has 5 nitrogen and oxygen atoms in total. The molecule has 0 saturated carbocycles. The van der Waals surface area contributed by atoms with Crippen LogP contribution in [0.2, 0.25) is 5.02 Å². The van der Waals surface area contributed by atoms with Crippen LogP contribution in [0.25, 0.3) is 0 Å². The van der Waals surface area contributed by atoms with Crippen LogP contribution in [0.5, 0.6) is 0 Å². The molecule has 1 aromatic carbocycles. The van der Waals surface area contributed by atoms with Crippen molar-refractivity contribution in [3.05, 3.63) is 68.5 Å². The van der Waals surface area contributed by atoms with Gasteiger partial charge in [0.1, 0.15) is 5.02 Å². The van der Waals surface area contributed by atoms with E-state index in [1.54, 1.807) is 12.4 Å². The molecule has 0 spiro atoms. The minimum absolute atomic E-state index is 0.149. The summed E-state index contributed by atoms with van der Waals surface area (Å²) in [7, 11) is 0. The number of halogens is 1. The summed E-state index contributed by atoms with van der Waals surface area (Å²) in [4.78, 5) is 13.1. The van der Waals surface area contributed by atoms with Crippen molar-refractivity contribution in [1.82, 2.24) is 19.4 Å². The first-order chi connectivity index (χ1) is 13.5. The SMILES string of the molecule is CC(C)(C)c1ccc(CSc2cnn(C(C)(C)C)c(=O)c2Cl)cc1.c1csnn1. The number of benzene rings is 1. The Morgan fingerprint density at radius 3 is 2.21 bits per heavy atom. The molecule has 3 aromatic rings. The van der Waals surface area contributed by atoms with E-state index in [1.807, 2.05) is 26.2 Å². The van der Waals surface area contributed by atoms with E-state index in [1.165, 1.54) is 39.1 Å². The molecule has 156 valence electrons. The molecule has 0 aliphatic carbocycles. The molecular formula is C21H27ClN4OS2. The zero-order valence-electron chi connectivity index (χ0n) is 17.6. The molecule has 0 aliphatic heterocycles. The molecule has 3 rings (SSSR count). The summed E-state index contributed by atoms with van der Waals surface area (Å²) in [5, 5.41) is 9.82. The molecule has 0 amide bonds. The van der Waals surface area contributed by atoms with E-state index in [4.69, 9.17) is 11.6 Å². The van der Waals surface area contributed by atoms with Crippen LogP contribution in [0, 0.1) is 0 Å². The van der Waals surface area contributed by atoms with E-state index in [-0.39, 0.29) is 21.5 Å². The lowest BCUT2D eigenvalue weighted by Gasteiger charge is -2.21. The first-order valence-corrected chi connectivity index (χ1v) is 11.4. The Labute approximate surface area is 185 Å². The molecule has 0 unspecified atom stereocenters. The summed E-state index contributed by atoms with van der Waals surface area (Å²) >= 11 is 9.15. The van der Waals surface area contributed by atoms with E-state index < -0.39 is 0 Å². The van der Waals surface area contributed by atoms with Gasteiger partial charge in [-0.1, -0.05) is 61.1 Å². The van der Waals surface area contributed by atoms with Crippen molar-refractivity contribution < 1.29 is 0 Å². The van der Waals surface area contributed by atoms with E-state index in [0.29, 0.717) is 0 Å². The maximum atomic E-state index is 12.4. The number of nitrogens with zero attached hydrogens (tertiary/aromatic N) is 4. The third-order valence-corrected chi connectivity index (χ3v) is 6.03. The molecule has 8 heteroatoms. The number of thioether (sulfide) groups is 1. The lowest BCUT2D eigenvalue weighted by molar-refractivity contribution is 0.336. The smallest absolute Gasteiger partial charge is 0.266 e. The van der Waals surface area contributed by atoms with Gasteiger partial charge in [-0.3, -0.25) is 4.79 Å². The van der Waals surface area contributed by atoms with Crippen molar-refractivity contribution in [3.8, 4) is 0 Å². The fourth-order valence-corrected chi connectivity index (χ4v) is 3.81. The molecule has 2 aromatic heterocycles. The Kier molecular flexibility index (Phi) is 8.02. The zero-order valence-corrected chi connectivity index (χ0v) is 20.0. The second-order valence-electron chi connectivity index (χ2n) is 8.53. The van der Waals surface area contributed by atoms with Crippen molar-refractivity contribution in [1.29, 1.82) is 0 Å². The van der Waals surface area contributed by atoms with Crippen molar-refractivity contribution in [2.45, 2.75) is 63.1 Å². The molecule has 2 heterocycles. The number of aromatic nitrogens is 4. The number of hydrogen-bond donors (Lipinski definition) is 0. The van der Waals surface area contributed by atoms with Gasteiger partial charge in [-0.05, 0) is 48.8 Å². The van der Waals surface area contributed by atoms with E-state index in [2.05, 4.69) is 59.7 Å². The van der Waals surface area contributed by atoms with Gasteiger partial charge in [0.15, 0.2) is 0 Å². The Bertz CT molecular complexity index is 939. The van der Waals surface area contributed by atoms with Crippen LogP contribution in [0.4, 0.5) is 0 Å². The summed E-state index contributed by atoms with van der Waals surface area (Å²) in [6, 6.07) is 8.58. The summed E-state index contributed by atoms with van der Waals surface area (Å²) in [6.07, 6.45) is 3.34. The summed E-state index contributed by atoms with van der Waals surface area (Å²) in [5.41, 5.74) is 2.04. The maximum Gasteiger partial charge on any atom is 0.287 e. The average molecular weight is 451 g/mol. The summed E-state index contributed by atoms with van der Waals surface area (Å²) in [5.74, 6) is 0.755. The molecule has 0 saturated heterocycles. The van der Waals surface area contributed by atoms with Gasteiger partial charge in [0.05, 0.1) is 22.8 Å². The molecule has 0 N–H and O–H groups in total. The monoisotopic (exact) mass is 450 g/mol. The average Bonchev–Trinajstić information content (AvgIpc) is 3.21. The van der Waals surface area contributed by atoms with Crippen LogP contribution in [-0.4, -0.2) is 19.4 Å². The van der Waals surface area contributed by atoms with Crippen molar-refractivity contribution >= 4 is 34.9 Å². The second kappa shape index (κ2) is 9.87. The Morgan fingerprint density at radius 2 is 1.76 bits per heavy atom. The highest BCUT2D eigenvalue weighted by Gasteiger charge is 2.19. The highest BCUT2D eigenvalue weighted by Crippen LogP contribution is 2.29. The van der Waals surface area contributed by atoms with Crippen LogP contribution >= 0.6 is 34.9 Å². The zero-order chi connectivity index (χ0) is 21.7. The van der Waals surface area contributed by atoms with E-state index in [9.17, 15) is 4.79 Å². The lowest BCUT2D eigenvalue weighted by atomic mass is 9.87. The van der Waals surface area contributed by atoms with Crippen molar-refractivity contribution in [2.24, 2.45) is 0 Å². The Balaban J connectivity index is 0.000000521. The van der Waals surface area contributed by atoms with E-state index in [0.717, 1.165) is 10.6 Å². The first-order valence-electron chi connectivity index (χ1n) is 9.21. The van der Waals surface area contributed by atoms with Gasteiger partial charge in [0.25, 0.3) is 5.56 Å². The number of rotatable bonds is 3. The quantitative estimate of drug-likeness (QED) is 0.473. The predicted molar refractivity (Wildman–Crippen MR) is 123 cm³/mol. The fraction of sp³-hybridized carbons (Fsp3) is 0.429. The standard InChI is InChI=1S/C19H25ClN2OS.C2H2N2S/c1-18(2,3)14-9-7-13(8-10-14)12-24-15-11-21-22(19(4,5)6)17(23)16(15)20;1-2-5-4-3-1/h7-11H,12H2,1-6H3;1-2H. The van der Waals surface area contributed by atoms with Crippen LogP contribution in [0.3, 0.4) is 0 Å². The Morgan fingerprint density at radius 1 is 1.10 bits per heavy atom. The second-order valence-corrected chi connectivity index (χ2v) is 10.6.